The van der Waals surface area contributed by atoms with E-state index in [0.29, 0.717) is 22.6 Å². The molecule has 0 amide bonds. The maximum atomic E-state index is 11.3. The van der Waals surface area contributed by atoms with E-state index in [0.717, 1.165) is 0 Å². The van der Waals surface area contributed by atoms with Gasteiger partial charge in [0.2, 0.25) is 0 Å². The molecule has 0 bridgehead atoms. The van der Waals surface area contributed by atoms with E-state index in [4.69, 9.17) is 4.74 Å². The van der Waals surface area contributed by atoms with Gasteiger partial charge >= 0.3 is 0 Å². The van der Waals surface area contributed by atoms with Crippen LogP contribution in [0.1, 0.15) is 0 Å². The zero-order chi connectivity index (χ0) is 19.4. The molecular formula is C19H15N3O5. The second-order valence-corrected chi connectivity index (χ2v) is 5.53. The molecule has 0 saturated heterocycles. The number of nitro groups is 1. The number of hydrogen-bond donors (Lipinski definition) is 2. The van der Waals surface area contributed by atoms with Gasteiger partial charge in [-0.1, -0.05) is 18.2 Å². The Morgan fingerprint density at radius 2 is 1.67 bits per heavy atom. The number of aromatic hydroxyl groups is 2. The highest BCUT2D eigenvalue weighted by atomic mass is 16.6. The van der Waals surface area contributed by atoms with E-state index >= 15 is 0 Å². The van der Waals surface area contributed by atoms with E-state index in [1.807, 2.05) is 0 Å². The van der Waals surface area contributed by atoms with Crippen LogP contribution in [0.2, 0.25) is 0 Å². The van der Waals surface area contributed by atoms with Crippen molar-refractivity contribution in [1.29, 1.82) is 0 Å². The molecule has 0 aromatic heterocycles. The smallest absolute Gasteiger partial charge is 0.300 e. The fourth-order valence-corrected chi connectivity index (χ4v) is 2.51. The highest BCUT2D eigenvalue weighted by molar-refractivity contribution is 5.80. The molecule has 8 nitrogen and oxygen atoms in total. The third-order valence-electron chi connectivity index (χ3n) is 3.82. The zero-order valence-electron chi connectivity index (χ0n) is 14.2. The molecule has 0 aliphatic carbocycles. The molecule has 27 heavy (non-hydrogen) atoms. The summed E-state index contributed by atoms with van der Waals surface area (Å²) in [6, 6.07) is 15.4. The van der Waals surface area contributed by atoms with Crippen molar-refractivity contribution >= 4 is 17.1 Å². The van der Waals surface area contributed by atoms with Crippen LogP contribution in [0.3, 0.4) is 0 Å². The molecule has 3 aromatic rings. The molecule has 3 rings (SSSR count). The Labute approximate surface area is 154 Å². The van der Waals surface area contributed by atoms with Crippen LogP contribution in [0.25, 0.3) is 11.1 Å². The van der Waals surface area contributed by atoms with Crippen molar-refractivity contribution in [3.63, 3.8) is 0 Å². The standard InChI is InChI=1S/C19H15N3O5/c1-27-13-7-9-17(18(11-13)22(25)26)21-20-16-5-3-2-4-14(16)15-8-6-12(23)10-19(15)24/h2-11,23-24H,1H3. The van der Waals surface area contributed by atoms with Crippen molar-refractivity contribution in [2.45, 2.75) is 0 Å². The number of benzene rings is 3. The predicted octanol–water partition coefficient (Wildman–Crippen LogP) is 5.10. The monoisotopic (exact) mass is 365 g/mol. The van der Waals surface area contributed by atoms with Crippen LogP contribution in [0.4, 0.5) is 17.1 Å². The summed E-state index contributed by atoms with van der Waals surface area (Å²) in [6.45, 7) is 0. The van der Waals surface area contributed by atoms with Crippen LogP contribution in [0, 0.1) is 10.1 Å². The van der Waals surface area contributed by atoms with Gasteiger partial charge in [0.05, 0.1) is 23.8 Å². The highest BCUT2D eigenvalue weighted by Crippen LogP contribution is 2.39. The van der Waals surface area contributed by atoms with Crippen molar-refractivity contribution in [3.05, 3.63) is 70.8 Å². The minimum absolute atomic E-state index is 0.0655. The molecule has 0 aliphatic rings. The predicted molar refractivity (Wildman–Crippen MR) is 99.0 cm³/mol. The first-order chi connectivity index (χ1) is 13.0. The number of azo groups is 1. The Morgan fingerprint density at radius 3 is 2.37 bits per heavy atom. The van der Waals surface area contributed by atoms with E-state index in [9.17, 15) is 20.3 Å². The Balaban J connectivity index is 2.04. The fourth-order valence-electron chi connectivity index (χ4n) is 2.51. The maximum absolute atomic E-state index is 11.3. The summed E-state index contributed by atoms with van der Waals surface area (Å²) in [6.07, 6.45) is 0. The van der Waals surface area contributed by atoms with Crippen molar-refractivity contribution in [2.75, 3.05) is 7.11 Å². The van der Waals surface area contributed by atoms with Gasteiger partial charge in [0.25, 0.3) is 5.69 Å². The van der Waals surface area contributed by atoms with Gasteiger partial charge < -0.3 is 14.9 Å². The van der Waals surface area contributed by atoms with E-state index in [-0.39, 0.29) is 22.9 Å². The molecule has 136 valence electrons. The number of methoxy groups -OCH3 is 1. The lowest BCUT2D eigenvalue weighted by molar-refractivity contribution is -0.384. The Kier molecular flexibility index (Phi) is 4.98. The molecule has 0 atom stereocenters. The lowest BCUT2D eigenvalue weighted by atomic mass is 10.0. The third kappa shape index (κ3) is 3.84. The Bertz CT molecular complexity index is 1030. The summed E-state index contributed by atoms with van der Waals surface area (Å²) in [4.78, 5) is 10.7. The van der Waals surface area contributed by atoms with Gasteiger partial charge in [-0.3, -0.25) is 10.1 Å². The van der Waals surface area contributed by atoms with E-state index < -0.39 is 4.92 Å². The van der Waals surface area contributed by atoms with Gasteiger partial charge in [-0.25, -0.2) is 0 Å². The van der Waals surface area contributed by atoms with Crippen molar-refractivity contribution in [1.82, 2.24) is 0 Å². The topological polar surface area (TPSA) is 118 Å². The van der Waals surface area contributed by atoms with E-state index in [1.165, 1.54) is 31.4 Å². The number of phenolic OH excluding ortho intramolecular Hbond substituents is 2. The normalized spacial score (nSPS) is 10.9. The number of ether oxygens (including phenoxy) is 1. The van der Waals surface area contributed by atoms with Crippen LogP contribution < -0.4 is 4.74 Å². The summed E-state index contributed by atoms with van der Waals surface area (Å²) in [5, 5.41) is 38.9. The second-order valence-electron chi connectivity index (χ2n) is 5.53. The van der Waals surface area contributed by atoms with Crippen molar-refractivity contribution in [2.24, 2.45) is 10.2 Å². The van der Waals surface area contributed by atoms with Gasteiger partial charge in [-0.05, 0) is 30.3 Å². The van der Waals surface area contributed by atoms with Crippen LogP contribution in [0.15, 0.2) is 70.9 Å². The minimum atomic E-state index is -0.561. The summed E-state index contributed by atoms with van der Waals surface area (Å²) >= 11 is 0. The summed E-state index contributed by atoms with van der Waals surface area (Å²) in [5.41, 5.74) is 1.26. The molecule has 2 N–H and O–H groups in total. The van der Waals surface area contributed by atoms with Crippen LogP contribution in [-0.2, 0) is 0 Å². The first kappa shape index (κ1) is 17.9. The molecule has 0 heterocycles. The van der Waals surface area contributed by atoms with Crippen LogP contribution in [-0.4, -0.2) is 22.2 Å². The van der Waals surface area contributed by atoms with E-state index in [1.54, 1.807) is 36.4 Å². The van der Waals surface area contributed by atoms with Gasteiger partial charge in [0.1, 0.15) is 17.2 Å². The summed E-state index contributed by atoms with van der Waals surface area (Å²) < 4.78 is 5.00. The van der Waals surface area contributed by atoms with Gasteiger partial charge in [-0.15, -0.1) is 10.2 Å². The molecule has 0 unspecified atom stereocenters. The van der Waals surface area contributed by atoms with E-state index in [2.05, 4.69) is 10.2 Å². The average Bonchev–Trinajstić information content (AvgIpc) is 2.66. The van der Waals surface area contributed by atoms with Crippen molar-refractivity contribution in [3.8, 4) is 28.4 Å². The molecule has 0 aliphatic heterocycles. The summed E-state index contributed by atoms with van der Waals surface area (Å²) in [5.74, 6) is 0.160. The van der Waals surface area contributed by atoms with Crippen LogP contribution >= 0.6 is 0 Å². The minimum Gasteiger partial charge on any atom is -0.508 e. The number of nitro benzene ring substituents is 1. The lowest BCUT2D eigenvalue weighted by Gasteiger charge is -2.08. The van der Waals surface area contributed by atoms with Crippen LogP contribution in [0.5, 0.6) is 17.2 Å². The fraction of sp³-hybridized carbons (Fsp3) is 0.0526. The number of rotatable bonds is 5. The Hall–Kier alpha value is -3.94. The lowest BCUT2D eigenvalue weighted by Crippen LogP contribution is -1.90. The first-order valence-electron chi connectivity index (χ1n) is 7.85. The SMILES string of the molecule is COc1ccc(N=Nc2ccccc2-c2ccc(O)cc2O)c([N+](=O)[O-])c1. The average molecular weight is 365 g/mol. The van der Waals surface area contributed by atoms with Gasteiger partial charge in [-0.2, -0.15) is 0 Å². The van der Waals surface area contributed by atoms with Crippen molar-refractivity contribution < 1.29 is 19.9 Å². The first-order valence-corrected chi connectivity index (χ1v) is 7.85. The maximum Gasteiger partial charge on any atom is 0.300 e. The van der Waals surface area contributed by atoms with Gasteiger partial charge in [0, 0.05) is 17.2 Å². The van der Waals surface area contributed by atoms with Gasteiger partial charge in [0.15, 0.2) is 5.69 Å². The molecule has 0 spiro atoms. The Morgan fingerprint density at radius 1 is 0.926 bits per heavy atom. The number of phenols is 2. The molecule has 3 aromatic carbocycles. The highest BCUT2D eigenvalue weighted by Gasteiger charge is 2.15. The quantitative estimate of drug-likeness (QED) is 0.371. The largest absolute Gasteiger partial charge is 0.508 e. The number of hydrogen-bond acceptors (Lipinski definition) is 7. The number of nitrogens with zero attached hydrogens (tertiary/aromatic N) is 3. The molecule has 0 fully saturated rings. The molecule has 0 radical (unpaired) electrons. The molecule has 8 heteroatoms. The zero-order valence-corrected chi connectivity index (χ0v) is 14.2. The molecule has 0 saturated carbocycles. The second kappa shape index (κ2) is 7.52. The summed E-state index contributed by atoms with van der Waals surface area (Å²) in [7, 11) is 1.42. The third-order valence-corrected chi connectivity index (χ3v) is 3.82. The molecular weight excluding hydrogens is 350 g/mol.